The standard InChI is InChI=1S/C11H17N3O4S2/c1-11(2)8-14(3-4-19-11)20(17,18)9-5-12-13(6-9)7-10(15)16/h5-6H,3-4,7-8H2,1-2H3,(H,15,16). The third-order valence-electron chi connectivity index (χ3n) is 2.94. The number of carboxylic acid groups (broad SMARTS) is 1. The van der Waals surface area contributed by atoms with Gasteiger partial charge in [0.1, 0.15) is 11.4 Å². The fourth-order valence-electron chi connectivity index (χ4n) is 2.03. The maximum Gasteiger partial charge on any atom is 0.325 e. The highest BCUT2D eigenvalue weighted by Gasteiger charge is 2.35. The van der Waals surface area contributed by atoms with E-state index in [4.69, 9.17) is 5.11 Å². The van der Waals surface area contributed by atoms with Crippen LogP contribution in [0.3, 0.4) is 0 Å². The van der Waals surface area contributed by atoms with Crippen molar-refractivity contribution in [2.45, 2.75) is 30.0 Å². The van der Waals surface area contributed by atoms with Crippen LogP contribution >= 0.6 is 11.8 Å². The van der Waals surface area contributed by atoms with Gasteiger partial charge in [0.2, 0.25) is 10.0 Å². The molecule has 1 fully saturated rings. The molecule has 0 aromatic carbocycles. The van der Waals surface area contributed by atoms with Crippen molar-refractivity contribution in [3.05, 3.63) is 12.4 Å². The van der Waals surface area contributed by atoms with E-state index in [0.29, 0.717) is 13.1 Å². The molecule has 1 N–H and O–H groups in total. The normalized spacial score (nSPS) is 19.9. The number of carboxylic acids is 1. The summed E-state index contributed by atoms with van der Waals surface area (Å²) < 4.78 is 27.4. The Hall–Kier alpha value is -1.06. The van der Waals surface area contributed by atoms with Crippen LogP contribution in [-0.4, -0.2) is 57.2 Å². The SMILES string of the molecule is CC1(C)CN(S(=O)(=O)c2cnn(CC(=O)O)c2)CCS1. The monoisotopic (exact) mass is 319 g/mol. The van der Waals surface area contributed by atoms with Gasteiger partial charge in [0, 0.05) is 29.8 Å². The van der Waals surface area contributed by atoms with E-state index in [-0.39, 0.29) is 16.2 Å². The van der Waals surface area contributed by atoms with Gasteiger partial charge in [-0.3, -0.25) is 9.48 Å². The van der Waals surface area contributed by atoms with Crippen LogP contribution in [0.2, 0.25) is 0 Å². The van der Waals surface area contributed by atoms with Crippen molar-refractivity contribution >= 4 is 27.8 Å². The van der Waals surface area contributed by atoms with Gasteiger partial charge < -0.3 is 5.11 Å². The quantitative estimate of drug-likeness (QED) is 0.868. The molecule has 1 saturated heterocycles. The summed E-state index contributed by atoms with van der Waals surface area (Å²) in [7, 11) is -3.60. The summed E-state index contributed by atoms with van der Waals surface area (Å²) >= 11 is 1.74. The number of sulfonamides is 1. The predicted molar refractivity (Wildman–Crippen MR) is 75.2 cm³/mol. The second-order valence-electron chi connectivity index (χ2n) is 5.21. The molecule has 0 unspecified atom stereocenters. The van der Waals surface area contributed by atoms with Crippen LogP contribution in [0.15, 0.2) is 17.3 Å². The summed E-state index contributed by atoms with van der Waals surface area (Å²) in [6, 6.07) is 0. The first-order valence-corrected chi connectivity index (χ1v) is 8.52. The molecule has 9 heteroatoms. The lowest BCUT2D eigenvalue weighted by molar-refractivity contribution is -0.137. The Morgan fingerprint density at radius 1 is 1.55 bits per heavy atom. The molecule has 0 spiro atoms. The number of rotatable bonds is 4. The van der Waals surface area contributed by atoms with E-state index in [9.17, 15) is 13.2 Å². The second kappa shape index (κ2) is 5.38. The van der Waals surface area contributed by atoms with E-state index in [1.807, 2.05) is 13.8 Å². The van der Waals surface area contributed by atoms with Gasteiger partial charge in [-0.1, -0.05) is 0 Å². The minimum absolute atomic E-state index is 0.0430. The van der Waals surface area contributed by atoms with E-state index in [1.54, 1.807) is 11.8 Å². The zero-order chi connectivity index (χ0) is 15.0. The van der Waals surface area contributed by atoms with Gasteiger partial charge in [0.15, 0.2) is 0 Å². The summed E-state index contributed by atoms with van der Waals surface area (Å²) in [6.45, 7) is 4.56. The number of hydrogen-bond donors (Lipinski definition) is 1. The van der Waals surface area contributed by atoms with Crippen molar-refractivity contribution < 1.29 is 18.3 Å². The number of hydrogen-bond acceptors (Lipinski definition) is 5. The van der Waals surface area contributed by atoms with Crippen molar-refractivity contribution in [1.29, 1.82) is 0 Å². The number of aromatic nitrogens is 2. The second-order valence-corrected chi connectivity index (χ2v) is 8.95. The highest BCUT2D eigenvalue weighted by molar-refractivity contribution is 8.00. The Labute approximate surface area is 122 Å². The molecule has 7 nitrogen and oxygen atoms in total. The first-order valence-electron chi connectivity index (χ1n) is 6.09. The third-order valence-corrected chi connectivity index (χ3v) is 6.03. The Balaban J connectivity index is 2.21. The number of carbonyl (C=O) groups is 1. The first-order chi connectivity index (χ1) is 9.21. The van der Waals surface area contributed by atoms with Gasteiger partial charge >= 0.3 is 5.97 Å². The Morgan fingerprint density at radius 2 is 2.25 bits per heavy atom. The van der Waals surface area contributed by atoms with Gasteiger partial charge in [0.25, 0.3) is 0 Å². The first kappa shape index (κ1) is 15.3. The van der Waals surface area contributed by atoms with Crippen LogP contribution in [0.1, 0.15) is 13.8 Å². The summed E-state index contributed by atoms with van der Waals surface area (Å²) in [5.74, 6) is -0.317. The molecule has 1 aromatic rings. The molecule has 1 aliphatic rings. The van der Waals surface area contributed by atoms with E-state index in [2.05, 4.69) is 5.10 Å². The average molecular weight is 319 g/mol. The number of nitrogens with zero attached hydrogens (tertiary/aromatic N) is 3. The molecule has 0 saturated carbocycles. The molecular formula is C11H17N3O4S2. The van der Waals surface area contributed by atoms with Crippen molar-refractivity contribution in [1.82, 2.24) is 14.1 Å². The van der Waals surface area contributed by atoms with Gasteiger partial charge in [-0.05, 0) is 13.8 Å². The molecule has 0 bridgehead atoms. The summed E-state index contributed by atoms with van der Waals surface area (Å²) in [5.41, 5.74) is 0. The predicted octanol–water partition coefficient (Wildman–Crippen LogP) is 0.484. The zero-order valence-corrected chi connectivity index (χ0v) is 12.9. The molecule has 20 heavy (non-hydrogen) atoms. The van der Waals surface area contributed by atoms with Crippen LogP contribution in [0.5, 0.6) is 0 Å². The van der Waals surface area contributed by atoms with Crippen LogP contribution in [0.4, 0.5) is 0 Å². The Morgan fingerprint density at radius 3 is 2.85 bits per heavy atom. The fraction of sp³-hybridized carbons (Fsp3) is 0.636. The molecule has 112 valence electrons. The molecule has 2 heterocycles. The van der Waals surface area contributed by atoms with Crippen LogP contribution in [-0.2, 0) is 21.4 Å². The molecule has 1 aliphatic heterocycles. The Kier molecular flexibility index (Phi) is 4.12. The number of aliphatic carboxylic acids is 1. The highest BCUT2D eigenvalue weighted by atomic mass is 32.2. The van der Waals surface area contributed by atoms with Crippen LogP contribution < -0.4 is 0 Å². The van der Waals surface area contributed by atoms with Gasteiger partial charge in [0.05, 0.1) is 6.20 Å². The smallest absolute Gasteiger partial charge is 0.325 e. The molecule has 0 amide bonds. The van der Waals surface area contributed by atoms with Crippen molar-refractivity contribution in [3.8, 4) is 0 Å². The molecule has 0 atom stereocenters. The lowest BCUT2D eigenvalue weighted by Crippen LogP contribution is -2.45. The largest absolute Gasteiger partial charge is 0.480 e. The minimum atomic E-state index is -3.60. The minimum Gasteiger partial charge on any atom is -0.480 e. The molecule has 2 rings (SSSR count). The van der Waals surface area contributed by atoms with E-state index in [0.717, 1.165) is 10.4 Å². The van der Waals surface area contributed by atoms with E-state index >= 15 is 0 Å². The molecule has 0 radical (unpaired) electrons. The van der Waals surface area contributed by atoms with Crippen molar-refractivity contribution in [2.75, 3.05) is 18.8 Å². The lowest BCUT2D eigenvalue weighted by atomic mass is 10.2. The highest BCUT2D eigenvalue weighted by Crippen LogP contribution is 2.32. The average Bonchev–Trinajstić information content (AvgIpc) is 2.75. The van der Waals surface area contributed by atoms with Crippen molar-refractivity contribution in [2.24, 2.45) is 0 Å². The number of thioether (sulfide) groups is 1. The Bertz CT molecular complexity index is 609. The van der Waals surface area contributed by atoms with Crippen molar-refractivity contribution in [3.63, 3.8) is 0 Å². The maximum absolute atomic E-state index is 12.5. The molecule has 0 aliphatic carbocycles. The van der Waals surface area contributed by atoms with Gasteiger partial charge in [-0.2, -0.15) is 21.2 Å². The van der Waals surface area contributed by atoms with Gasteiger partial charge in [-0.15, -0.1) is 0 Å². The maximum atomic E-state index is 12.5. The molecular weight excluding hydrogens is 302 g/mol. The van der Waals surface area contributed by atoms with E-state index < -0.39 is 16.0 Å². The van der Waals surface area contributed by atoms with E-state index in [1.165, 1.54) is 16.7 Å². The van der Waals surface area contributed by atoms with Gasteiger partial charge in [-0.25, -0.2) is 8.42 Å². The third kappa shape index (κ3) is 3.33. The molecule has 1 aromatic heterocycles. The summed E-state index contributed by atoms with van der Waals surface area (Å²) in [4.78, 5) is 10.6. The fourth-order valence-corrected chi connectivity index (χ4v) is 4.90. The zero-order valence-electron chi connectivity index (χ0n) is 11.3. The topological polar surface area (TPSA) is 92.5 Å². The van der Waals surface area contributed by atoms with Crippen LogP contribution in [0.25, 0.3) is 0 Å². The lowest BCUT2D eigenvalue weighted by Gasteiger charge is -2.36. The summed E-state index contributed by atoms with van der Waals surface area (Å²) in [6.07, 6.45) is 2.46. The van der Waals surface area contributed by atoms with Crippen LogP contribution in [0, 0.1) is 0 Å². The summed E-state index contributed by atoms with van der Waals surface area (Å²) in [5, 5.41) is 12.5.